The van der Waals surface area contributed by atoms with Crippen LogP contribution in [0.25, 0.3) is 11.4 Å². The van der Waals surface area contributed by atoms with Crippen molar-refractivity contribution in [3.05, 3.63) is 41.6 Å². The smallest absolute Gasteiger partial charge is 0.306 e. The van der Waals surface area contributed by atoms with Gasteiger partial charge < -0.3 is 14.6 Å². The quantitative estimate of drug-likeness (QED) is 0.518. The molecular formula is C25H30N6O4. The summed E-state index contributed by atoms with van der Waals surface area (Å²) < 4.78 is 13.9. The van der Waals surface area contributed by atoms with Crippen LogP contribution in [-0.2, 0) is 24.9 Å². The van der Waals surface area contributed by atoms with E-state index in [1.807, 2.05) is 39.1 Å². The minimum Gasteiger partial charge on any atom is -0.489 e. The van der Waals surface area contributed by atoms with Crippen molar-refractivity contribution in [1.29, 1.82) is 0 Å². The molecule has 0 aliphatic heterocycles. The summed E-state index contributed by atoms with van der Waals surface area (Å²) >= 11 is 0. The van der Waals surface area contributed by atoms with Crippen LogP contribution in [-0.4, -0.2) is 47.1 Å². The van der Waals surface area contributed by atoms with Crippen LogP contribution in [0.5, 0.6) is 11.6 Å². The maximum atomic E-state index is 11.5. The third-order valence-corrected chi connectivity index (χ3v) is 7.32. The number of hydrogen-bond donors (Lipinski definition) is 1. The van der Waals surface area contributed by atoms with Crippen molar-refractivity contribution in [2.24, 2.45) is 24.8 Å². The van der Waals surface area contributed by atoms with Crippen molar-refractivity contribution in [3.63, 3.8) is 0 Å². The second-order valence-electron chi connectivity index (χ2n) is 9.44. The number of ether oxygens (including phenoxy) is 2. The molecule has 0 bridgehead atoms. The Hall–Kier alpha value is -3.56. The van der Waals surface area contributed by atoms with E-state index in [0.29, 0.717) is 23.2 Å². The van der Waals surface area contributed by atoms with Crippen molar-refractivity contribution >= 4 is 5.97 Å². The van der Waals surface area contributed by atoms with Gasteiger partial charge in [-0.1, -0.05) is 12.1 Å². The van der Waals surface area contributed by atoms with E-state index in [0.717, 1.165) is 54.9 Å². The predicted molar refractivity (Wildman–Crippen MR) is 126 cm³/mol. The van der Waals surface area contributed by atoms with E-state index in [-0.39, 0.29) is 24.5 Å². The molecule has 2 aliphatic carbocycles. The summed E-state index contributed by atoms with van der Waals surface area (Å²) in [5.74, 6) is 0.983. The first-order valence-corrected chi connectivity index (χ1v) is 12.1. The molecule has 3 aromatic heterocycles. The molecule has 10 nitrogen and oxygen atoms in total. The van der Waals surface area contributed by atoms with Crippen LogP contribution < -0.4 is 9.47 Å². The van der Waals surface area contributed by atoms with Gasteiger partial charge in [-0.25, -0.2) is 19.6 Å². The van der Waals surface area contributed by atoms with Gasteiger partial charge in [0.2, 0.25) is 5.88 Å². The van der Waals surface area contributed by atoms with Crippen LogP contribution in [0, 0.1) is 24.7 Å². The van der Waals surface area contributed by atoms with Crippen LogP contribution in [0.3, 0.4) is 0 Å². The van der Waals surface area contributed by atoms with Crippen LogP contribution >= 0.6 is 0 Å². The number of carboxylic acids is 1. The van der Waals surface area contributed by atoms with E-state index in [9.17, 15) is 9.90 Å². The molecule has 0 aromatic carbocycles. The summed E-state index contributed by atoms with van der Waals surface area (Å²) in [6.45, 7) is 4.18. The fourth-order valence-corrected chi connectivity index (χ4v) is 5.45. The zero-order chi connectivity index (χ0) is 24.5. The van der Waals surface area contributed by atoms with E-state index in [4.69, 9.17) is 14.5 Å². The maximum Gasteiger partial charge on any atom is 0.306 e. The summed E-state index contributed by atoms with van der Waals surface area (Å²) in [5.41, 5.74) is 3.79. The topological polar surface area (TPSA) is 125 Å². The Bertz CT molecular complexity index is 1230. The third kappa shape index (κ3) is 4.69. The van der Waals surface area contributed by atoms with Crippen molar-refractivity contribution in [1.82, 2.24) is 29.9 Å². The number of nitrogens with zero attached hydrogens (tertiary/aromatic N) is 6. The first-order chi connectivity index (χ1) is 16.9. The molecule has 0 radical (unpaired) electrons. The predicted octanol–water partition coefficient (Wildman–Crippen LogP) is 3.39. The van der Waals surface area contributed by atoms with Gasteiger partial charge in [-0.15, -0.1) is 5.10 Å². The first-order valence-electron chi connectivity index (χ1n) is 12.1. The molecule has 0 amide bonds. The molecule has 5 rings (SSSR count). The Morgan fingerprint density at radius 3 is 2.86 bits per heavy atom. The average molecular weight is 479 g/mol. The van der Waals surface area contributed by atoms with Crippen molar-refractivity contribution in [2.45, 2.75) is 58.7 Å². The molecule has 35 heavy (non-hydrogen) atoms. The second-order valence-corrected chi connectivity index (χ2v) is 9.44. The third-order valence-electron chi connectivity index (χ3n) is 7.32. The molecule has 0 unspecified atom stereocenters. The van der Waals surface area contributed by atoms with Gasteiger partial charge in [0.25, 0.3) is 0 Å². The Labute approximate surface area is 203 Å². The lowest BCUT2D eigenvalue weighted by Crippen LogP contribution is -2.21. The van der Waals surface area contributed by atoms with Gasteiger partial charge in [-0.3, -0.25) is 4.79 Å². The van der Waals surface area contributed by atoms with E-state index in [2.05, 4.69) is 20.3 Å². The van der Waals surface area contributed by atoms with Gasteiger partial charge in [0, 0.05) is 18.8 Å². The summed E-state index contributed by atoms with van der Waals surface area (Å²) in [7, 11) is 1.82. The fraction of sp³-hybridized carbons (Fsp3) is 0.520. The lowest BCUT2D eigenvalue weighted by Gasteiger charge is -2.18. The Morgan fingerprint density at radius 1 is 1.23 bits per heavy atom. The van der Waals surface area contributed by atoms with Gasteiger partial charge in [-0.2, -0.15) is 0 Å². The molecule has 3 heterocycles. The minimum absolute atomic E-state index is 0.0276. The summed E-state index contributed by atoms with van der Waals surface area (Å²) in [4.78, 5) is 24.7. The van der Waals surface area contributed by atoms with E-state index in [1.165, 1.54) is 6.33 Å². The van der Waals surface area contributed by atoms with Gasteiger partial charge in [0.15, 0.2) is 0 Å². The van der Waals surface area contributed by atoms with E-state index < -0.39 is 5.97 Å². The van der Waals surface area contributed by atoms with Crippen LogP contribution in [0.2, 0.25) is 0 Å². The number of aromatic nitrogens is 6. The highest BCUT2D eigenvalue weighted by molar-refractivity contribution is 5.71. The van der Waals surface area contributed by atoms with E-state index in [1.54, 1.807) is 4.68 Å². The summed E-state index contributed by atoms with van der Waals surface area (Å²) in [6, 6.07) is 5.62. The highest BCUT2D eigenvalue weighted by Crippen LogP contribution is 2.48. The summed E-state index contributed by atoms with van der Waals surface area (Å²) in [5, 5.41) is 18.0. The van der Waals surface area contributed by atoms with Crippen molar-refractivity contribution < 1.29 is 19.4 Å². The van der Waals surface area contributed by atoms with Gasteiger partial charge in [0.1, 0.15) is 30.1 Å². The lowest BCUT2D eigenvalue weighted by molar-refractivity contribution is -0.143. The minimum atomic E-state index is -0.672. The van der Waals surface area contributed by atoms with E-state index >= 15 is 0 Å². The Balaban J connectivity index is 1.28. The van der Waals surface area contributed by atoms with Crippen LogP contribution in [0.1, 0.15) is 49.7 Å². The largest absolute Gasteiger partial charge is 0.489 e. The SMILES string of the molecule is CCc1cc(OCc2c(-c3ccc(O[C@H]4C[C@@H]5CC[C@H](C(=O)O)[C@@H]5C4)c(C)n3)nnn2C)ncn1. The fourth-order valence-electron chi connectivity index (χ4n) is 5.45. The molecular weight excluding hydrogens is 448 g/mol. The molecule has 184 valence electrons. The number of hydrogen-bond acceptors (Lipinski definition) is 8. The van der Waals surface area contributed by atoms with Crippen molar-refractivity contribution in [2.75, 3.05) is 0 Å². The Kier molecular flexibility index (Phi) is 6.36. The van der Waals surface area contributed by atoms with Gasteiger partial charge in [0.05, 0.1) is 23.4 Å². The Morgan fingerprint density at radius 2 is 2.09 bits per heavy atom. The number of carbonyl (C=O) groups is 1. The zero-order valence-corrected chi connectivity index (χ0v) is 20.2. The highest BCUT2D eigenvalue weighted by Gasteiger charge is 2.47. The highest BCUT2D eigenvalue weighted by atomic mass is 16.5. The molecule has 4 atom stereocenters. The van der Waals surface area contributed by atoms with Gasteiger partial charge in [-0.05, 0) is 63.0 Å². The normalized spacial score (nSPS) is 23.3. The zero-order valence-electron chi connectivity index (χ0n) is 20.2. The molecule has 2 fully saturated rings. The molecule has 2 aliphatic rings. The lowest BCUT2D eigenvalue weighted by atomic mass is 9.92. The number of fused-ring (bicyclic) bond motifs is 1. The van der Waals surface area contributed by atoms with Crippen molar-refractivity contribution in [3.8, 4) is 23.0 Å². The molecule has 3 aromatic rings. The monoisotopic (exact) mass is 478 g/mol. The number of pyridine rings is 1. The number of aliphatic carboxylic acids is 1. The standard InChI is InChI=1S/C25H30N6O4/c1-4-16-10-23(27-13-26-16)34-12-21-24(29-30-31(21)3)20-7-8-22(14(2)28-20)35-17-9-15-5-6-18(25(32)33)19(15)11-17/h7-8,10,13,15,17-19H,4-6,9,11-12H2,1-3H3,(H,32,33)/t15-,17-,18-,19+/m0/s1. The molecule has 0 spiro atoms. The number of rotatable bonds is 8. The second kappa shape index (κ2) is 9.59. The van der Waals surface area contributed by atoms with Gasteiger partial charge >= 0.3 is 5.97 Å². The average Bonchev–Trinajstić information content (AvgIpc) is 3.53. The number of aryl methyl sites for hydroxylation is 3. The summed E-state index contributed by atoms with van der Waals surface area (Å²) in [6.07, 6.45) is 5.79. The first kappa shape index (κ1) is 23.2. The van der Waals surface area contributed by atoms with Crippen LogP contribution in [0.15, 0.2) is 24.5 Å². The maximum absolute atomic E-state index is 11.5. The molecule has 2 saturated carbocycles. The molecule has 1 N–H and O–H groups in total. The molecule has 0 saturated heterocycles. The number of carboxylic acid groups (broad SMARTS) is 1. The van der Waals surface area contributed by atoms with Crippen LogP contribution in [0.4, 0.5) is 0 Å². The molecule has 10 heteroatoms.